The molecule has 0 spiro atoms. The number of aryl methyl sites for hydroxylation is 2. The number of aromatic nitrogens is 2. The third-order valence-electron chi connectivity index (χ3n) is 3.75. The zero-order chi connectivity index (χ0) is 17.9. The average Bonchev–Trinajstić information content (AvgIpc) is 2.96. The summed E-state index contributed by atoms with van der Waals surface area (Å²) in [5.41, 5.74) is 1.17. The number of rotatable bonds is 9. The maximum atomic E-state index is 12.2. The molecule has 1 amide bonds. The molecule has 0 aliphatic carbocycles. The quantitative estimate of drug-likeness (QED) is 0.263. The zero-order valence-corrected chi connectivity index (χ0v) is 18.5. The summed E-state index contributed by atoms with van der Waals surface area (Å²) in [6.45, 7) is 12.2. The number of guanidine groups is 1. The van der Waals surface area contributed by atoms with Crippen molar-refractivity contribution in [2.45, 2.75) is 40.7 Å². The first-order valence-corrected chi connectivity index (χ1v) is 8.78. The number of halogens is 1. The highest BCUT2D eigenvalue weighted by molar-refractivity contribution is 14.0. The maximum Gasteiger partial charge on any atom is 0.242 e. The second-order valence-electron chi connectivity index (χ2n) is 5.79. The average molecular weight is 464 g/mol. The highest BCUT2D eigenvalue weighted by atomic mass is 127. The normalized spacial score (nSPS) is 11.0. The van der Waals surface area contributed by atoms with E-state index in [1.807, 2.05) is 61.6 Å². The van der Waals surface area contributed by atoms with E-state index < -0.39 is 0 Å². The maximum absolute atomic E-state index is 12.2. The van der Waals surface area contributed by atoms with Crippen LogP contribution in [0.3, 0.4) is 0 Å². The summed E-state index contributed by atoms with van der Waals surface area (Å²) in [5, 5.41) is 7.52. The first kappa shape index (κ1) is 23.7. The van der Waals surface area contributed by atoms with Gasteiger partial charge in [0, 0.05) is 46.0 Å². The SMILES string of the molecule is CCNC(=NCCCn1cc(C)cn1)N(C)CC(=O)N(CC)CC.I. The second-order valence-corrected chi connectivity index (χ2v) is 5.79. The van der Waals surface area contributed by atoms with Crippen LogP contribution in [0.2, 0.25) is 0 Å². The molecule has 1 heterocycles. The summed E-state index contributed by atoms with van der Waals surface area (Å²) in [7, 11) is 1.90. The third kappa shape index (κ3) is 8.55. The molecular weight excluding hydrogens is 431 g/mol. The number of likely N-dealkylation sites (N-methyl/N-ethyl adjacent to an activating group) is 2. The number of nitrogens with zero attached hydrogens (tertiary/aromatic N) is 5. The molecule has 1 aromatic rings. The smallest absolute Gasteiger partial charge is 0.242 e. The van der Waals surface area contributed by atoms with Gasteiger partial charge in [0.2, 0.25) is 5.91 Å². The molecule has 144 valence electrons. The summed E-state index contributed by atoms with van der Waals surface area (Å²) in [6.07, 6.45) is 4.80. The first-order valence-electron chi connectivity index (χ1n) is 8.78. The molecule has 0 fully saturated rings. The van der Waals surface area contributed by atoms with Gasteiger partial charge in [0.25, 0.3) is 0 Å². The van der Waals surface area contributed by atoms with Gasteiger partial charge in [-0.25, -0.2) is 0 Å². The van der Waals surface area contributed by atoms with E-state index in [0.29, 0.717) is 13.1 Å². The molecule has 7 nitrogen and oxygen atoms in total. The van der Waals surface area contributed by atoms with Gasteiger partial charge in [0.1, 0.15) is 0 Å². The van der Waals surface area contributed by atoms with Crippen molar-refractivity contribution in [1.29, 1.82) is 0 Å². The van der Waals surface area contributed by atoms with Gasteiger partial charge in [-0.2, -0.15) is 5.10 Å². The number of aliphatic imine (C=N–C) groups is 1. The van der Waals surface area contributed by atoms with E-state index in [1.165, 1.54) is 5.56 Å². The minimum atomic E-state index is 0. The number of nitrogens with one attached hydrogen (secondary N) is 1. The molecule has 0 unspecified atom stereocenters. The van der Waals surface area contributed by atoms with Crippen LogP contribution in [-0.4, -0.2) is 71.2 Å². The monoisotopic (exact) mass is 464 g/mol. The van der Waals surface area contributed by atoms with E-state index in [9.17, 15) is 4.79 Å². The lowest BCUT2D eigenvalue weighted by Crippen LogP contribution is -2.45. The van der Waals surface area contributed by atoms with Gasteiger partial charge in [-0.3, -0.25) is 14.5 Å². The molecule has 1 aromatic heterocycles. The van der Waals surface area contributed by atoms with Gasteiger partial charge < -0.3 is 15.1 Å². The van der Waals surface area contributed by atoms with E-state index in [2.05, 4.69) is 15.4 Å². The van der Waals surface area contributed by atoms with Crippen LogP contribution >= 0.6 is 24.0 Å². The second kappa shape index (κ2) is 13.0. The minimum absolute atomic E-state index is 0. The summed E-state index contributed by atoms with van der Waals surface area (Å²) >= 11 is 0. The number of amides is 1. The Labute approximate surface area is 168 Å². The van der Waals surface area contributed by atoms with Crippen molar-refractivity contribution < 1.29 is 4.79 Å². The Morgan fingerprint density at radius 2 is 2.00 bits per heavy atom. The fourth-order valence-corrected chi connectivity index (χ4v) is 2.43. The van der Waals surface area contributed by atoms with Crippen molar-refractivity contribution in [1.82, 2.24) is 24.9 Å². The van der Waals surface area contributed by atoms with Gasteiger partial charge in [-0.15, -0.1) is 24.0 Å². The van der Waals surface area contributed by atoms with Crippen LogP contribution in [0.1, 0.15) is 32.8 Å². The van der Waals surface area contributed by atoms with E-state index in [4.69, 9.17) is 0 Å². The van der Waals surface area contributed by atoms with E-state index >= 15 is 0 Å². The predicted molar refractivity (Wildman–Crippen MR) is 114 cm³/mol. The van der Waals surface area contributed by atoms with Crippen LogP contribution < -0.4 is 5.32 Å². The van der Waals surface area contributed by atoms with Crippen molar-refractivity contribution in [3.8, 4) is 0 Å². The van der Waals surface area contributed by atoms with Gasteiger partial charge in [-0.1, -0.05) is 0 Å². The molecule has 0 radical (unpaired) electrons. The Bertz CT molecular complexity index is 527. The fourth-order valence-electron chi connectivity index (χ4n) is 2.43. The van der Waals surface area contributed by atoms with Gasteiger partial charge in [0.15, 0.2) is 5.96 Å². The number of hydrogen-bond acceptors (Lipinski definition) is 3. The van der Waals surface area contributed by atoms with Crippen molar-refractivity contribution >= 4 is 35.8 Å². The summed E-state index contributed by atoms with van der Waals surface area (Å²) < 4.78 is 1.94. The number of hydrogen-bond donors (Lipinski definition) is 1. The minimum Gasteiger partial charge on any atom is -0.357 e. The standard InChI is InChI=1S/C17H32N6O.HI/c1-6-18-17(21(5)14-16(24)22(7-2)8-3)19-10-9-11-23-13-15(4)12-20-23;/h12-13H,6-11,14H2,1-5H3,(H,18,19);1H. The molecule has 8 heteroatoms. The molecule has 0 saturated heterocycles. The summed E-state index contributed by atoms with van der Waals surface area (Å²) in [5.74, 6) is 0.898. The molecule has 0 bridgehead atoms. The molecule has 1 rings (SSSR count). The van der Waals surface area contributed by atoms with Gasteiger partial charge in [-0.05, 0) is 39.7 Å². The predicted octanol–water partition coefficient (Wildman–Crippen LogP) is 1.97. The molecule has 0 atom stereocenters. The Kier molecular flexibility index (Phi) is 12.3. The number of carbonyl (C=O) groups excluding carboxylic acids is 1. The Hall–Kier alpha value is -1.32. The molecule has 25 heavy (non-hydrogen) atoms. The Morgan fingerprint density at radius 1 is 1.32 bits per heavy atom. The van der Waals surface area contributed by atoms with Crippen molar-refractivity contribution in [3.63, 3.8) is 0 Å². The van der Waals surface area contributed by atoms with Crippen LogP contribution in [0, 0.1) is 6.92 Å². The molecule has 0 saturated carbocycles. The highest BCUT2D eigenvalue weighted by Crippen LogP contribution is 1.98. The molecule has 0 aromatic carbocycles. The van der Waals surface area contributed by atoms with E-state index in [0.717, 1.165) is 38.6 Å². The van der Waals surface area contributed by atoms with Gasteiger partial charge >= 0.3 is 0 Å². The van der Waals surface area contributed by atoms with Crippen molar-refractivity contribution in [3.05, 3.63) is 18.0 Å². The van der Waals surface area contributed by atoms with Crippen LogP contribution in [0.25, 0.3) is 0 Å². The van der Waals surface area contributed by atoms with Crippen molar-refractivity contribution in [2.24, 2.45) is 4.99 Å². The van der Waals surface area contributed by atoms with Crippen LogP contribution in [-0.2, 0) is 11.3 Å². The number of carbonyl (C=O) groups is 1. The Balaban J connectivity index is 0.00000576. The molecular formula is C17H33IN6O. The van der Waals surface area contributed by atoms with Crippen LogP contribution in [0.5, 0.6) is 0 Å². The first-order chi connectivity index (χ1) is 11.5. The lowest BCUT2D eigenvalue weighted by Gasteiger charge is -2.25. The van der Waals surface area contributed by atoms with Crippen LogP contribution in [0.4, 0.5) is 0 Å². The largest absolute Gasteiger partial charge is 0.357 e. The third-order valence-corrected chi connectivity index (χ3v) is 3.75. The molecule has 1 N–H and O–H groups in total. The van der Waals surface area contributed by atoms with Gasteiger partial charge in [0.05, 0.1) is 12.7 Å². The molecule has 0 aliphatic rings. The lowest BCUT2D eigenvalue weighted by molar-refractivity contribution is -0.131. The highest BCUT2D eigenvalue weighted by Gasteiger charge is 2.14. The summed E-state index contributed by atoms with van der Waals surface area (Å²) in [4.78, 5) is 20.6. The van der Waals surface area contributed by atoms with Crippen molar-refractivity contribution in [2.75, 3.05) is 39.8 Å². The Morgan fingerprint density at radius 3 is 2.52 bits per heavy atom. The fraction of sp³-hybridized carbons (Fsp3) is 0.706. The molecule has 0 aliphatic heterocycles. The van der Waals surface area contributed by atoms with Crippen LogP contribution in [0.15, 0.2) is 17.4 Å². The van der Waals surface area contributed by atoms with E-state index in [-0.39, 0.29) is 29.9 Å². The zero-order valence-electron chi connectivity index (χ0n) is 16.2. The topological polar surface area (TPSA) is 65.8 Å². The summed E-state index contributed by atoms with van der Waals surface area (Å²) in [6, 6.07) is 0. The lowest BCUT2D eigenvalue weighted by atomic mass is 10.4. The van der Waals surface area contributed by atoms with E-state index in [1.54, 1.807) is 0 Å².